The van der Waals surface area contributed by atoms with Crippen LogP contribution in [0.15, 0.2) is 18.2 Å². The summed E-state index contributed by atoms with van der Waals surface area (Å²) < 4.78 is 13.4. The van der Waals surface area contributed by atoms with Gasteiger partial charge in [-0.2, -0.15) is 0 Å². The summed E-state index contributed by atoms with van der Waals surface area (Å²) in [4.78, 5) is 4.64. The highest BCUT2D eigenvalue weighted by molar-refractivity contribution is 5.47. The summed E-state index contributed by atoms with van der Waals surface area (Å²) in [5.41, 5.74) is 6.96. The van der Waals surface area contributed by atoms with Crippen molar-refractivity contribution in [2.24, 2.45) is 0 Å². The molecule has 2 rings (SSSR count). The number of nitrogens with zero attached hydrogens (tertiary/aromatic N) is 2. The Bertz CT molecular complexity index is 398. The van der Waals surface area contributed by atoms with Crippen molar-refractivity contribution in [2.75, 3.05) is 32.9 Å². The van der Waals surface area contributed by atoms with Crippen molar-refractivity contribution in [3.05, 3.63) is 29.6 Å². The first kappa shape index (κ1) is 13.3. The average Bonchev–Trinajstić information content (AvgIpc) is 2.36. The Labute approximate surface area is 108 Å². The summed E-state index contributed by atoms with van der Waals surface area (Å²) in [6.45, 7) is 2.86. The highest BCUT2D eigenvalue weighted by Crippen LogP contribution is 2.21. The lowest BCUT2D eigenvalue weighted by atomic mass is 10.0. The molecular weight excluding hydrogens is 229 g/mol. The molecule has 3 nitrogen and oxygen atoms in total. The lowest BCUT2D eigenvalue weighted by Crippen LogP contribution is -2.41. The third-order valence-corrected chi connectivity index (χ3v) is 3.82. The Morgan fingerprint density at radius 2 is 2.00 bits per heavy atom. The molecule has 0 radical (unpaired) electrons. The third kappa shape index (κ3) is 3.00. The van der Waals surface area contributed by atoms with Crippen LogP contribution < -0.4 is 5.73 Å². The molecule has 1 aliphatic rings. The zero-order valence-corrected chi connectivity index (χ0v) is 11.2. The van der Waals surface area contributed by atoms with E-state index in [4.69, 9.17) is 5.73 Å². The van der Waals surface area contributed by atoms with Crippen LogP contribution in [0.2, 0.25) is 0 Å². The summed E-state index contributed by atoms with van der Waals surface area (Å²) in [6.07, 6.45) is 2.34. The monoisotopic (exact) mass is 251 g/mol. The van der Waals surface area contributed by atoms with E-state index in [-0.39, 0.29) is 5.82 Å². The fourth-order valence-corrected chi connectivity index (χ4v) is 2.55. The molecule has 0 aliphatic carbocycles. The first-order valence-electron chi connectivity index (χ1n) is 6.49. The maximum atomic E-state index is 13.4. The number of piperidine rings is 1. The van der Waals surface area contributed by atoms with Crippen LogP contribution in [-0.4, -0.2) is 43.0 Å². The van der Waals surface area contributed by atoms with Gasteiger partial charge < -0.3 is 10.6 Å². The van der Waals surface area contributed by atoms with Gasteiger partial charge in [0.25, 0.3) is 0 Å². The number of anilines is 1. The van der Waals surface area contributed by atoms with Crippen molar-refractivity contribution in [2.45, 2.75) is 25.4 Å². The van der Waals surface area contributed by atoms with Gasteiger partial charge in [-0.3, -0.25) is 4.90 Å². The summed E-state index contributed by atoms with van der Waals surface area (Å²) >= 11 is 0. The molecule has 2 N–H and O–H groups in total. The molecule has 1 heterocycles. The second-order valence-corrected chi connectivity index (χ2v) is 5.28. The predicted octanol–water partition coefficient (Wildman–Crippen LogP) is 1.93. The first-order valence-corrected chi connectivity index (χ1v) is 6.49. The van der Waals surface area contributed by atoms with Gasteiger partial charge >= 0.3 is 0 Å². The van der Waals surface area contributed by atoms with Gasteiger partial charge in [0.05, 0.1) is 5.69 Å². The summed E-state index contributed by atoms with van der Waals surface area (Å²) in [7, 11) is 4.26. The van der Waals surface area contributed by atoms with Crippen LogP contribution in [0, 0.1) is 5.82 Å². The van der Waals surface area contributed by atoms with E-state index in [1.807, 2.05) is 6.07 Å². The number of halogens is 1. The minimum atomic E-state index is -0.310. The van der Waals surface area contributed by atoms with Gasteiger partial charge in [-0.05, 0) is 51.7 Å². The van der Waals surface area contributed by atoms with E-state index >= 15 is 0 Å². The minimum Gasteiger partial charge on any atom is -0.396 e. The zero-order valence-electron chi connectivity index (χ0n) is 11.2. The highest BCUT2D eigenvalue weighted by atomic mass is 19.1. The van der Waals surface area contributed by atoms with Crippen molar-refractivity contribution in [3.8, 4) is 0 Å². The number of rotatable bonds is 3. The molecular formula is C14H22FN3. The number of nitrogens with two attached hydrogens (primary N) is 1. The zero-order chi connectivity index (χ0) is 13.1. The van der Waals surface area contributed by atoms with Gasteiger partial charge in [0.2, 0.25) is 0 Å². The number of nitrogen functional groups attached to an aromatic ring is 1. The molecule has 1 aliphatic heterocycles. The predicted molar refractivity (Wildman–Crippen MR) is 72.8 cm³/mol. The van der Waals surface area contributed by atoms with Crippen molar-refractivity contribution in [1.29, 1.82) is 0 Å². The molecule has 0 unspecified atom stereocenters. The molecule has 0 bridgehead atoms. The van der Waals surface area contributed by atoms with Crippen molar-refractivity contribution in [3.63, 3.8) is 0 Å². The van der Waals surface area contributed by atoms with Gasteiger partial charge in [-0.15, -0.1) is 0 Å². The van der Waals surface area contributed by atoms with Crippen LogP contribution in [0.3, 0.4) is 0 Å². The van der Waals surface area contributed by atoms with E-state index in [0.29, 0.717) is 11.7 Å². The number of benzene rings is 1. The number of hydrogen-bond acceptors (Lipinski definition) is 3. The van der Waals surface area contributed by atoms with Crippen LogP contribution in [0.5, 0.6) is 0 Å². The number of para-hydroxylation sites is 1. The second-order valence-electron chi connectivity index (χ2n) is 5.28. The van der Waals surface area contributed by atoms with E-state index in [0.717, 1.165) is 25.2 Å². The summed E-state index contributed by atoms with van der Waals surface area (Å²) in [5.74, 6) is -0.310. The van der Waals surface area contributed by atoms with Gasteiger partial charge in [0.1, 0.15) is 5.82 Å². The van der Waals surface area contributed by atoms with Crippen LogP contribution in [0.1, 0.15) is 18.4 Å². The van der Waals surface area contributed by atoms with Crippen molar-refractivity contribution >= 4 is 5.69 Å². The lowest BCUT2D eigenvalue weighted by molar-refractivity contribution is 0.140. The van der Waals surface area contributed by atoms with Gasteiger partial charge in [-0.25, -0.2) is 4.39 Å². The molecule has 18 heavy (non-hydrogen) atoms. The molecule has 0 amide bonds. The second kappa shape index (κ2) is 5.67. The van der Waals surface area contributed by atoms with E-state index in [2.05, 4.69) is 23.9 Å². The molecule has 0 saturated carbocycles. The van der Waals surface area contributed by atoms with Crippen molar-refractivity contribution < 1.29 is 4.39 Å². The Morgan fingerprint density at radius 3 is 2.61 bits per heavy atom. The molecule has 1 aromatic carbocycles. The smallest absolute Gasteiger partial charge is 0.146 e. The maximum absolute atomic E-state index is 13.4. The van der Waals surface area contributed by atoms with Crippen LogP contribution >= 0.6 is 0 Å². The highest BCUT2D eigenvalue weighted by Gasteiger charge is 2.21. The number of hydrogen-bond donors (Lipinski definition) is 1. The quantitative estimate of drug-likeness (QED) is 0.833. The molecule has 1 aromatic rings. The van der Waals surface area contributed by atoms with E-state index < -0.39 is 0 Å². The Morgan fingerprint density at radius 1 is 1.33 bits per heavy atom. The van der Waals surface area contributed by atoms with E-state index in [9.17, 15) is 4.39 Å². The van der Waals surface area contributed by atoms with Crippen LogP contribution in [0.4, 0.5) is 10.1 Å². The third-order valence-electron chi connectivity index (χ3n) is 3.82. The van der Waals surface area contributed by atoms with Gasteiger partial charge in [0, 0.05) is 12.6 Å². The fourth-order valence-electron chi connectivity index (χ4n) is 2.55. The Kier molecular flexibility index (Phi) is 4.19. The Hall–Kier alpha value is -1.13. The van der Waals surface area contributed by atoms with Crippen LogP contribution in [-0.2, 0) is 6.54 Å². The molecule has 1 saturated heterocycles. The normalized spacial score (nSPS) is 18.4. The van der Waals surface area contributed by atoms with E-state index in [1.165, 1.54) is 18.9 Å². The summed E-state index contributed by atoms with van der Waals surface area (Å²) in [6, 6.07) is 5.73. The molecule has 0 spiro atoms. The molecule has 0 aromatic heterocycles. The lowest BCUT2D eigenvalue weighted by Gasteiger charge is -2.35. The molecule has 1 fully saturated rings. The maximum Gasteiger partial charge on any atom is 0.146 e. The SMILES string of the molecule is CN(C)C1CCN(Cc2cccc(F)c2N)CC1. The van der Waals surface area contributed by atoms with Crippen molar-refractivity contribution in [1.82, 2.24) is 9.80 Å². The largest absolute Gasteiger partial charge is 0.396 e. The molecule has 0 atom stereocenters. The fraction of sp³-hybridized carbons (Fsp3) is 0.571. The average molecular weight is 251 g/mol. The van der Waals surface area contributed by atoms with Gasteiger partial charge in [-0.1, -0.05) is 12.1 Å². The topological polar surface area (TPSA) is 32.5 Å². The molecule has 100 valence electrons. The molecule has 4 heteroatoms. The van der Waals surface area contributed by atoms with Gasteiger partial charge in [0.15, 0.2) is 0 Å². The standard InChI is InChI=1S/C14H22FN3/c1-17(2)12-6-8-18(9-7-12)10-11-4-3-5-13(15)14(11)16/h3-5,12H,6-10,16H2,1-2H3. The first-order chi connectivity index (χ1) is 8.58. The minimum absolute atomic E-state index is 0.298. The van der Waals surface area contributed by atoms with Crippen LogP contribution in [0.25, 0.3) is 0 Å². The number of likely N-dealkylation sites (tertiary alicyclic amines) is 1. The van der Waals surface area contributed by atoms with E-state index in [1.54, 1.807) is 6.07 Å². The summed E-state index contributed by atoms with van der Waals surface area (Å²) in [5, 5.41) is 0. The Balaban J connectivity index is 1.94.